The zero-order valence-electron chi connectivity index (χ0n) is 20.9. The lowest BCUT2D eigenvalue weighted by Crippen LogP contribution is -2.31. The second kappa shape index (κ2) is 13.1. The molecule has 1 atom stereocenters. The van der Waals surface area contributed by atoms with Gasteiger partial charge in [0.15, 0.2) is 5.41 Å². The molecule has 0 N–H and O–H groups in total. The van der Waals surface area contributed by atoms with Gasteiger partial charge < -0.3 is 9.47 Å². The molecule has 0 saturated heterocycles. The zero-order valence-corrected chi connectivity index (χ0v) is 20.9. The molecule has 0 aromatic heterocycles. The predicted molar refractivity (Wildman–Crippen MR) is 130 cm³/mol. The highest BCUT2D eigenvalue weighted by Crippen LogP contribution is 2.41. The third-order valence-electron chi connectivity index (χ3n) is 7.11. The number of benzene rings is 1. The third-order valence-corrected chi connectivity index (χ3v) is 7.11. The maximum absolute atomic E-state index is 12.6. The number of carbonyl (C=O) groups is 2. The number of unbranched alkanes of at least 4 members (excludes halogenated alkanes) is 5. The van der Waals surface area contributed by atoms with E-state index in [2.05, 4.69) is 13.0 Å². The zero-order chi connectivity index (χ0) is 25.0. The number of esters is 2. The highest BCUT2D eigenvalue weighted by molar-refractivity contribution is 5.90. The van der Waals surface area contributed by atoms with Gasteiger partial charge in [0.05, 0.1) is 23.1 Å². The van der Waals surface area contributed by atoms with Crippen LogP contribution in [0.1, 0.15) is 108 Å². The summed E-state index contributed by atoms with van der Waals surface area (Å²) < 4.78 is 11.0. The van der Waals surface area contributed by atoms with E-state index in [0.29, 0.717) is 24.8 Å². The van der Waals surface area contributed by atoms with E-state index >= 15 is 0 Å². The first kappa shape index (κ1) is 27.4. The standard InChI is InChI=1S/C28H38N2O4/c1-4-6-7-8-9-10-17-28(21-30)18-15-24(16-19-28)33-25(31)22-11-13-23(14-12-22)34-26(32)27(3,5-2)20-29/h11-14,24H,4-10,15-19H2,1-3H3. The van der Waals surface area contributed by atoms with Crippen molar-refractivity contribution < 1.29 is 19.1 Å². The van der Waals surface area contributed by atoms with Gasteiger partial charge in [0.2, 0.25) is 0 Å². The molecule has 0 aliphatic heterocycles. The highest BCUT2D eigenvalue weighted by atomic mass is 16.5. The van der Waals surface area contributed by atoms with Gasteiger partial charge in [-0.05, 0) is 69.7 Å². The molecule has 1 aliphatic rings. The fourth-order valence-electron chi connectivity index (χ4n) is 4.29. The summed E-state index contributed by atoms with van der Waals surface area (Å²) in [5, 5.41) is 19.0. The quantitative estimate of drug-likeness (QED) is 0.189. The van der Waals surface area contributed by atoms with E-state index < -0.39 is 17.4 Å². The van der Waals surface area contributed by atoms with Crippen LogP contribution in [0.4, 0.5) is 0 Å². The van der Waals surface area contributed by atoms with Crippen LogP contribution >= 0.6 is 0 Å². The average molecular weight is 467 g/mol. The fraction of sp³-hybridized carbons (Fsp3) is 0.643. The maximum Gasteiger partial charge on any atom is 0.338 e. The maximum atomic E-state index is 12.6. The van der Waals surface area contributed by atoms with Gasteiger partial charge in [0, 0.05) is 0 Å². The first-order valence-corrected chi connectivity index (χ1v) is 12.7. The summed E-state index contributed by atoms with van der Waals surface area (Å²) in [5.74, 6) is -0.752. The van der Waals surface area contributed by atoms with Crippen molar-refractivity contribution in [2.45, 2.75) is 104 Å². The molecule has 1 saturated carbocycles. The van der Waals surface area contributed by atoms with Crippen molar-refractivity contribution >= 4 is 11.9 Å². The Morgan fingerprint density at radius 1 is 1.03 bits per heavy atom. The van der Waals surface area contributed by atoms with Crippen molar-refractivity contribution in [2.24, 2.45) is 10.8 Å². The van der Waals surface area contributed by atoms with Crippen molar-refractivity contribution in [3.8, 4) is 17.9 Å². The minimum absolute atomic E-state index is 0.183. The summed E-state index contributed by atoms with van der Waals surface area (Å²) in [7, 11) is 0. The molecule has 0 heterocycles. The molecular formula is C28H38N2O4. The Morgan fingerprint density at radius 2 is 1.65 bits per heavy atom. The summed E-state index contributed by atoms with van der Waals surface area (Å²) in [6.45, 7) is 5.51. The van der Waals surface area contributed by atoms with Gasteiger partial charge in [-0.25, -0.2) is 9.59 Å². The third kappa shape index (κ3) is 7.59. The van der Waals surface area contributed by atoms with Gasteiger partial charge in [-0.15, -0.1) is 0 Å². The van der Waals surface area contributed by atoms with Gasteiger partial charge in [-0.3, -0.25) is 0 Å². The van der Waals surface area contributed by atoms with Crippen LogP contribution in [0.5, 0.6) is 5.75 Å². The lowest BCUT2D eigenvalue weighted by Gasteiger charge is -2.34. The number of hydrogen-bond acceptors (Lipinski definition) is 6. The van der Waals surface area contributed by atoms with E-state index in [1.54, 1.807) is 26.0 Å². The Balaban J connectivity index is 1.82. The number of nitriles is 2. The molecule has 1 aromatic carbocycles. The Morgan fingerprint density at radius 3 is 2.21 bits per heavy atom. The van der Waals surface area contributed by atoms with Gasteiger partial charge in [0.1, 0.15) is 11.9 Å². The smallest absolute Gasteiger partial charge is 0.338 e. The van der Waals surface area contributed by atoms with Crippen molar-refractivity contribution in [1.29, 1.82) is 10.5 Å². The molecule has 1 unspecified atom stereocenters. The minimum Gasteiger partial charge on any atom is -0.459 e. The Bertz CT molecular complexity index is 888. The van der Waals surface area contributed by atoms with Crippen LogP contribution in [0, 0.1) is 33.5 Å². The molecular weight excluding hydrogens is 428 g/mol. The normalized spacial score (nSPS) is 21.5. The molecule has 0 amide bonds. The molecule has 0 bridgehead atoms. The van der Waals surface area contributed by atoms with E-state index in [4.69, 9.17) is 9.47 Å². The first-order chi connectivity index (χ1) is 16.3. The summed E-state index contributed by atoms with van der Waals surface area (Å²) >= 11 is 0. The molecule has 0 radical (unpaired) electrons. The second-order valence-corrected chi connectivity index (χ2v) is 9.73. The van der Waals surface area contributed by atoms with Crippen LogP contribution in [-0.2, 0) is 9.53 Å². The average Bonchev–Trinajstić information content (AvgIpc) is 2.87. The van der Waals surface area contributed by atoms with Crippen LogP contribution in [0.3, 0.4) is 0 Å². The van der Waals surface area contributed by atoms with Gasteiger partial charge in [-0.2, -0.15) is 10.5 Å². The molecule has 1 fully saturated rings. The van der Waals surface area contributed by atoms with Crippen molar-refractivity contribution in [3.05, 3.63) is 29.8 Å². The van der Waals surface area contributed by atoms with Crippen molar-refractivity contribution in [2.75, 3.05) is 0 Å². The summed E-state index contributed by atoms with van der Waals surface area (Å²) in [5.41, 5.74) is -1.11. The number of carbonyl (C=O) groups excluding carboxylic acids is 2. The summed E-state index contributed by atoms with van der Waals surface area (Å²) in [6, 6.07) is 10.7. The molecule has 34 heavy (non-hydrogen) atoms. The highest BCUT2D eigenvalue weighted by Gasteiger charge is 2.36. The Hall–Kier alpha value is -2.86. The van der Waals surface area contributed by atoms with Gasteiger partial charge in [-0.1, -0.05) is 52.4 Å². The second-order valence-electron chi connectivity index (χ2n) is 9.73. The molecule has 6 nitrogen and oxygen atoms in total. The molecule has 1 aromatic rings. The number of rotatable bonds is 12. The Labute approximate surface area is 204 Å². The largest absolute Gasteiger partial charge is 0.459 e. The van der Waals surface area contributed by atoms with Gasteiger partial charge in [0.25, 0.3) is 0 Å². The van der Waals surface area contributed by atoms with Crippen molar-refractivity contribution in [3.63, 3.8) is 0 Å². The van der Waals surface area contributed by atoms with Crippen LogP contribution in [0.2, 0.25) is 0 Å². The van der Waals surface area contributed by atoms with Crippen molar-refractivity contribution in [1.82, 2.24) is 0 Å². The van der Waals surface area contributed by atoms with Crippen LogP contribution in [0.25, 0.3) is 0 Å². The minimum atomic E-state index is -1.20. The molecule has 0 spiro atoms. The molecule has 184 valence electrons. The number of hydrogen-bond donors (Lipinski definition) is 0. The topological polar surface area (TPSA) is 100 Å². The van der Waals surface area contributed by atoms with Crippen LogP contribution < -0.4 is 4.74 Å². The fourth-order valence-corrected chi connectivity index (χ4v) is 4.29. The number of nitrogens with zero attached hydrogens (tertiary/aromatic N) is 2. The monoisotopic (exact) mass is 466 g/mol. The van der Waals surface area contributed by atoms with E-state index in [1.165, 1.54) is 44.2 Å². The van der Waals surface area contributed by atoms with Crippen LogP contribution in [-0.4, -0.2) is 18.0 Å². The van der Waals surface area contributed by atoms with Gasteiger partial charge >= 0.3 is 11.9 Å². The van der Waals surface area contributed by atoms with Crippen LogP contribution in [0.15, 0.2) is 24.3 Å². The van der Waals surface area contributed by atoms with E-state index in [-0.39, 0.29) is 17.3 Å². The predicted octanol–water partition coefficient (Wildman–Crippen LogP) is 6.89. The van der Waals surface area contributed by atoms with E-state index in [1.807, 2.05) is 6.07 Å². The SMILES string of the molecule is CCCCCCCCC1(C#N)CCC(OC(=O)c2ccc(OC(=O)C(C)(C#N)CC)cc2)CC1. The number of ether oxygens (including phenoxy) is 2. The lowest BCUT2D eigenvalue weighted by molar-refractivity contribution is -0.141. The Kier molecular flexibility index (Phi) is 10.6. The summed E-state index contributed by atoms with van der Waals surface area (Å²) in [6.07, 6.45) is 11.3. The molecule has 2 rings (SSSR count). The van der Waals surface area contributed by atoms with E-state index in [9.17, 15) is 20.1 Å². The lowest BCUT2D eigenvalue weighted by atomic mass is 9.71. The van der Waals surface area contributed by atoms with E-state index in [0.717, 1.165) is 25.7 Å². The molecule has 1 aliphatic carbocycles. The summed E-state index contributed by atoms with van der Waals surface area (Å²) in [4.78, 5) is 24.8. The molecule has 6 heteroatoms. The first-order valence-electron chi connectivity index (χ1n) is 12.7.